The number of hydrogen-bond acceptors (Lipinski definition) is 5. The number of nitro groups is 1. The third-order valence-corrected chi connectivity index (χ3v) is 3.39. The molecule has 0 spiro atoms. The van der Waals surface area contributed by atoms with Crippen molar-refractivity contribution in [2.24, 2.45) is 0 Å². The minimum atomic E-state index is -0.638. The number of rotatable bonds is 5. The third kappa shape index (κ3) is 4.54. The summed E-state index contributed by atoms with van der Waals surface area (Å²) in [7, 11) is 0. The number of aryl methyl sites for hydroxylation is 1. The van der Waals surface area contributed by atoms with Crippen LogP contribution < -0.4 is 15.6 Å². The minimum absolute atomic E-state index is 0.112. The molecule has 8 heteroatoms. The van der Waals surface area contributed by atoms with Crippen molar-refractivity contribution in [3.8, 4) is 5.75 Å². The van der Waals surface area contributed by atoms with Crippen LogP contribution in [-0.4, -0.2) is 23.3 Å². The predicted octanol–water partition coefficient (Wildman–Crippen LogP) is 2.38. The maximum Gasteiger partial charge on any atom is 0.270 e. The van der Waals surface area contributed by atoms with Crippen LogP contribution in [0.5, 0.6) is 5.75 Å². The Kier molecular flexibility index (Phi) is 5.67. The van der Waals surface area contributed by atoms with E-state index in [0.717, 1.165) is 6.07 Å². The Bertz CT molecular complexity index is 802. The highest BCUT2D eigenvalue weighted by molar-refractivity contribution is 6.00. The molecule has 0 bridgehead atoms. The first kappa shape index (κ1) is 17.9. The van der Waals surface area contributed by atoms with Crippen molar-refractivity contribution >= 4 is 17.5 Å². The predicted molar refractivity (Wildman–Crippen MR) is 90.4 cm³/mol. The van der Waals surface area contributed by atoms with Gasteiger partial charge >= 0.3 is 0 Å². The molecule has 0 aliphatic carbocycles. The first-order chi connectivity index (χ1) is 11.9. The molecule has 2 aromatic carbocycles. The average molecular weight is 343 g/mol. The normalized spacial score (nSPS) is 10.0. The Morgan fingerprint density at radius 2 is 1.72 bits per heavy atom. The lowest BCUT2D eigenvalue weighted by Crippen LogP contribution is -2.41. The van der Waals surface area contributed by atoms with Crippen LogP contribution in [0.15, 0.2) is 42.5 Å². The number of carbonyl (C=O) groups is 2. The Morgan fingerprint density at radius 3 is 2.32 bits per heavy atom. The smallest absolute Gasteiger partial charge is 0.270 e. The van der Waals surface area contributed by atoms with Gasteiger partial charge in [-0.2, -0.15) is 0 Å². The first-order valence-electron chi connectivity index (χ1n) is 7.51. The SMILES string of the molecule is CCOc1ccc(C(=O)NNC(=O)c2cc([N+](=O)[O-])ccc2C)cc1. The number of carbonyl (C=O) groups excluding carboxylic acids is 2. The molecular formula is C17H17N3O5. The second-order valence-electron chi connectivity index (χ2n) is 5.12. The van der Waals surface area contributed by atoms with E-state index in [-0.39, 0.29) is 11.3 Å². The van der Waals surface area contributed by atoms with Gasteiger partial charge in [-0.3, -0.25) is 30.6 Å². The number of non-ortho nitro benzene ring substituents is 1. The van der Waals surface area contributed by atoms with E-state index in [1.807, 2.05) is 6.92 Å². The van der Waals surface area contributed by atoms with E-state index < -0.39 is 16.7 Å². The Morgan fingerprint density at radius 1 is 1.08 bits per heavy atom. The van der Waals surface area contributed by atoms with E-state index in [1.165, 1.54) is 12.1 Å². The minimum Gasteiger partial charge on any atom is -0.494 e. The molecule has 0 unspecified atom stereocenters. The summed E-state index contributed by atoms with van der Waals surface area (Å²) in [5.41, 5.74) is 5.33. The van der Waals surface area contributed by atoms with Gasteiger partial charge < -0.3 is 4.74 Å². The molecule has 2 rings (SSSR count). The van der Waals surface area contributed by atoms with Crippen LogP contribution >= 0.6 is 0 Å². The fraction of sp³-hybridized carbons (Fsp3) is 0.176. The number of ether oxygens (including phenoxy) is 1. The zero-order chi connectivity index (χ0) is 18.4. The van der Waals surface area contributed by atoms with Crippen LogP contribution in [0.4, 0.5) is 5.69 Å². The number of nitrogens with zero attached hydrogens (tertiary/aromatic N) is 1. The lowest BCUT2D eigenvalue weighted by Gasteiger charge is -2.09. The molecule has 0 atom stereocenters. The van der Waals surface area contributed by atoms with E-state index in [0.29, 0.717) is 23.5 Å². The molecule has 130 valence electrons. The molecule has 0 fully saturated rings. The van der Waals surface area contributed by atoms with Gasteiger partial charge in [0.25, 0.3) is 17.5 Å². The standard InChI is InChI=1S/C17H17N3O5/c1-3-25-14-8-5-12(6-9-14)16(21)18-19-17(22)15-10-13(20(23)24)7-4-11(15)2/h4-10H,3H2,1-2H3,(H,18,21)(H,19,22). The number of nitro benzene ring substituents is 1. The Balaban J connectivity index is 2.03. The van der Waals surface area contributed by atoms with E-state index in [2.05, 4.69) is 10.9 Å². The number of hydrogen-bond donors (Lipinski definition) is 2. The van der Waals surface area contributed by atoms with Gasteiger partial charge in [-0.25, -0.2) is 0 Å². The summed E-state index contributed by atoms with van der Waals surface area (Å²) in [5, 5.41) is 10.8. The van der Waals surface area contributed by atoms with Gasteiger partial charge in [-0.1, -0.05) is 6.07 Å². The summed E-state index contributed by atoms with van der Waals surface area (Å²) >= 11 is 0. The van der Waals surface area contributed by atoms with Gasteiger partial charge in [-0.15, -0.1) is 0 Å². The monoisotopic (exact) mass is 343 g/mol. The van der Waals surface area contributed by atoms with Crippen LogP contribution in [0.3, 0.4) is 0 Å². The molecule has 2 amide bonds. The summed E-state index contributed by atoms with van der Waals surface area (Å²) in [6, 6.07) is 10.4. The lowest BCUT2D eigenvalue weighted by atomic mass is 10.1. The summed E-state index contributed by atoms with van der Waals surface area (Å²) in [6.07, 6.45) is 0. The number of benzene rings is 2. The highest BCUT2D eigenvalue weighted by Gasteiger charge is 2.15. The molecule has 0 aliphatic heterocycles. The van der Waals surface area contributed by atoms with Crippen LogP contribution in [0.1, 0.15) is 33.2 Å². The van der Waals surface area contributed by atoms with Gasteiger partial charge in [0.2, 0.25) is 0 Å². The number of hydrazine groups is 1. The second-order valence-corrected chi connectivity index (χ2v) is 5.12. The molecule has 2 aromatic rings. The van der Waals surface area contributed by atoms with Gasteiger partial charge in [-0.05, 0) is 43.7 Å². The van der Waals surface area contributed by atoms with Crippen molar-refractivity contribution in [1.82, 2.24) is 10.9 Å². The van der Waals surface area contributed by atoms with Gasteiger partial charge in [0.15, 0.2) is 0 Å². The molecule has 8 nitrogen and oxygen atoms in total. The summed E-state index contributed by atoms with van der Waals surface area (Å²) in [5.74, 6) is -0.518. The molecule has 2 N–H and O–H groups in total. The first-order valence-corrected chi connectivity index (χ1v) is 7.51. The average Bonchev–Trinajstić information content (AvgIpc) is 2.60. The summed E-state index contributed by atoms with van der Waals surface area (Å²) < 4.78 is 5.28. The molecule has 0 radical (unpaired) electrons. The molecule has 0 saturated carbocycles. The summed E-state index contributed by atoms with van der Waals surface area (Å²) in [6.45, 7) is 4.02. The molecule has 0 heterocycles. The maximum atomic E-state index is 12.1. The largest absolute Gasteiger partial charge is 0.494 e. The van der Waals surface area contributed by atoms with Gasteiger partial charge in [0, 0.05) is 17.7 Å². The van der Waals surface area contributed by atoms with Crippen LogP contribution in [-0.2, 0) is 0 Å². The molecular weight excluding hydrogens is 326 g/mol. The second kappa shape index (κ2) is 7.91. The Hall–Kier alpha value is -3.42. The quantitative estimate of drug-likeness (QED) is 0.639. The molecule has 0 saturated heterocycles. The van der Waals surface area contributed by atoms with Crippen LogP contribution in [0.2, 0.25) is 0 Å². The van der Waals surface area contributed by atoms with Crippen molar-refractivity contribution in [2.45, 2.75) is 13.8 Å². The topological polar surface area (TPSA) is 111 Å². The number of amides is 2. The van der Waals surface area contributed by atoms with Gasteiger partial charge in [0.05, 0.1) is 17.1 Å². The fourth-order valence-corrected chi connectivity index (χ4v) is 2.09. The fourth-order valence-electron chi connectivity index (χ4n) is 2.09. The van der Waals surface area contributed by atoms with Crippen molar-refractivity contribution < 1.29 is 19.2 Å². The summed E-state index contributed by atoms with van der Waals surface area (Å²) in [4.78, 5) is 34.4. The van der Waals surface area contributed by atoms with Crippen molar-refractivity contribution in [1.29, 1.82) is 0 Å². The van der Waals surface area contributed by atoms with E-state index >= 15 is 0 Å². The molecule has 0 aliphatic rings. The van der Waals surface area contributed by atoms with Crippen molar-refractivity contribution in [2.75, 3.05) is 6.61 Å². The molecule has 0 aromatic heterocycles. The number of nitrogens with one attached hydrogen (secondary N) is 2. The Labute approximate surface area is 143 Å². The van der Waals surface area contributed by atoms with E-state index in [9.17, 15) is 19.7 Å². The highest BCUT2D eigenvalue weighted by Crippen LogP contribution is 2.17. The van der Waals surface area contributed by atoms with Crippen molar-refractivity contribution in [3.63, 3.8) is 0 Å². The molecule has 25 heavy (non-hydrogen) atoms. The third-order valence-electron chi connectivity index (χ3n) is 3.39. The van der Waals surface area contributed by atoms with Crippen LogP contribution in [0, 0.1) is 17.0 Å². The zero-order valence-electron chi connectivity index (χ0n) is 13.7. The lowest BCUT2D eigenvalue weighted by molar-refractivity contribution is -0.384. The van der Waals surface area contributed by atoms with Crippen LogP contribution in [0.25, 0.3) is 0 Å². The maximum absolute atomic E-state index is 12.1. The highest BCUT2D eigenvalue weighted by atomic mass is 16.6. The van der Waals surface area contributed by atoms with Gasteiger partial charge in [0.1, 0.15) is 5.75 Å². The van der Waals surface area contributed by atoms with E-state index in [4.69, 9.17) is 4.74 Å². The zero-order valence-corrected chi connectivity index (χ0v) is 13.7. The van der Waals surface area contributed by atoms with Crippen molar-refractivity contribution in [3.05, 3.63) is 69.3 Å². The van der Waals surface area contributed by atoms with E-state index in [1.54, 1.807) is 31.2 Å².